The number of aryl methyl sites for hydroxylation is 2. The first-order chi connectivity index (χ1) is 10.1. The number of rotatable bonds is 2. The Morgan fingerprint density at radius 2 is 1.67 bits per heavy atom. The van der Waals surface area contributed by atoms with E-state index in [-0.39, 0.29) is 5.82 Å². The van der Waals surface area contributed by atoms with Crippen molar-refractivity contribution in [1.82, 2.24) is 0 Å². The minimum absolute atomic E-state index is 0.354. The molecule has 3 aromatic rings. The fourth-order valence-electron chi connectivity index (χ4n) is 2.92. The lowest BCUT2D eigenvalue weighted by Gasteiger charge is -2.17. The van der Waals surface area contributed by atoms with Crippen molar-refractivity contribution in [2.45, 2.75) is 20.0 Å². The Hall–Kier alpha value is -2.19. The predicted octanol–water partition coefficient (Wildman–Crippen LogP) is 4.68. The zero-order valence-electron chi connectivity index (χ0n) is 12.1. The molecule has 0 aromatic heterocycles. The van der Waals surface area contributed by atoms with Crippen LogP contribution in [0.25, 0.3) is 10.8 Å². The molecule has 0 aliphatic rings. The highest BCUT2D eigenvalue weighted by molar-refractivity contribution is 5.86. The van der Waals surface area contributed by atoms with Crippen LogP contribution < -0.4 is 0 Å². The molecular weight excluding hydrogens is 263 g/mol. The van der Waals surface area contributed by atoms with Gasteiger partial charge in [-0.25, -0.2) is 4.39 Å². The van der Waals surface area contributed by atoms with E-state index in [1.165, 1.54) is 6.07 Å². The van der Waals surface area contributed by atoms with Gasteiger partial charge in [0.2, 0.25) is 0 Å². The van der Waals surface area contributed by atoms with Gasteiger partial charge in [0, 0.05) is 5.56 Å². The summed E-state index contributed by atoms with van der Waals surface area (Å²) in [6, 6.07) is 16.9. The van der Waals surface area contributed by atoms with Gasteiger partial charge in [0.25, 0.3) is 0 Å². The highest BCUT2D eigenvalue weighted by atomic mass is 19.1. The molecule has 0 saturated heterocycles. The number of hydrogen-bond donors (Lipinski definition) is 1. The summed E-state index contributed by atoms with van der Waals surface area (Å²) in [6.45, 7) is 3.68. The zero-order valence-corrected chi connectivity index (χ0v) is 12.1. The summed E-state index contributed by atoms with van der Waals surface area (Å²) in [5.41, 5.74) is 2.72. The van der Waals surface area contributed by atoms with E-state index >= 15 is 0 Å². The third-order valence-corrected chi connectivity index (χ3v) is 3.87. The standard InChI is InChI=1S/C19H17FO/c1-12-10-13(2)18(17(20)11-12)19(21)16-9-5-7-14-6-3-4-8-15(14)16/h3-11,19,21H,1-2H3. The summed E-state index contributed by atoms with van der Waals surface area (Å²) in [6.07, 6.45) is -0.961. The molecule has 0 spiro atoms. The molecule has 0 saturated carbocycles. The van der Waals surface area contributed by atoms with Gasteiger partial charge in [0.05, 0.1) is 0 Å². The van der Waals surface area contributed by atoms with Crippen molar-refractivity contribution in [2.24, 2.45) is 0 Å². The molecule has 0 heterocycles. The van der Waals surface area contributed by atoms with Crippen molar-refractivity contribution in [3.8, 4) is 0 Å². The average molecular weight is 280 g/mol. The maximum Gasteiger partial charge on any atom is 0.129 e. The molecule has 106 valence electrons. The predicted molar refractivity (Wildman–Crippen MR) is 83.9 cm³/mol. The summed E-state index contributed by atoms with van der Waals surface area (Å²) in [5, 5.41) is 12.7. The molecule has 0 radical (unpaired) electrons. The largest absolute Gasteiger partial charge is 0.384 e. The van der Waals surface area contributed by atoms with Gasteiger partial charge in [-0.3, -0.25) is 0 Å². The van der Waals surface area contributed by atoms with Crippen molar-refractivity contribution in [2.75, 3.05) is 0 Å². The molecule has 2 heteroatoms. The average Bonchev–Trinajstić information content (AvgIpc) is 2.45. The number of aliphatic hydroxyl groups excluding tert-OH is 1. The fourth-order valence-corrected chi connectivity index (χ4v) is 2.92. The first-order valence-corrected chi connectivity index (χ1v) is 7.00. The highest BCUT2D eigenvalue weighted by Crippen LogP contribution is 2.32. The number of benzene rings is 3. The van der Waals surface area contributed by atoms with Crippen molar-refractivity contribution in [3.05, 3.63) is 82.7 Å². The third-order valence-electron chi connectivity index (χ3n) is 3.87. The van der Waals surface area contributed by atoms with E-state index in [4.69, 9.17) is 0 Å². The van der Waals surface area contributed by atoms with Crippen molar-refractivity contribution in [3.63, 3.8) is 0 Å². The van der Waals surface area contributed by atoms with Gasteiger partial charge in [-0.05, 0) is 47.4 Å². The second-order valence-electron chi connectivity index (χ2n) is 5.45. The monoisotopic (exact) mass is 280 g/mol. The van der Waals surface area contributed by atoms with E-state index < -0.39 is 6.10 Å². The van der Waals surface area contributed by atoms with E-state index in [0.717, 1.165) is 27.5 Å². The lowest BCUT2D eigenvalue weighted by molar-refractivity contribution is 0.215. The number of hydrogen-bond acceptors (Lipinski definition) is 1. The van der Waals surface area contributed by atoms with E-state index in [9.17, 15) is 9.50 Å². The normalized spacial score (nSPS) is 12.6. The van der Waals surface area contributed by atoms with Gasteiger partial charge >= 0.3 is 0 Å². The Morgan fingerprint density at radius 3 is 2.43 bits per heavy atom. The lowest BCUT2D eigenvalue weighted by Crippen LogP contribution is -2.06. The van der Waals surface area contributed by atoms with Gasteiger partial charge in [-0.1, -0.05) is 48.5 Å². The lowest BCUT2D eigenvalue weighted by atomic mass is 9.92. The summed E-state index contributed by atoms with van der Waals surface area (Å²) < 4.78 is 14.3. The number of aliphatic hydroxyl groups is 1. The van der Waals surface area contributed by atoms with Crippen molar-refractivity contribution in [1.29, 1.82) is 0 Å². The van der Waals surface area contributed by atoms with Crippen LogP contribution in [0.3, 0.4) is 0 Å². The Labute approximate surface area is 123 Å². The second-order valence-corrected chi connectivity index (χ2v) is 5.45. The van der Waals surface area contributed by atoms with Gasteiger partial charge in [0.15, 0.2) is 0 Å². The first kappa shape index (κ1) is 13.8. The molecule has 1 nitrogen and oxygen atoms in total. The van der Waals surface area contributed by atoms with Gasteiger partial charge in [-0.2, -0.15) is 0 Å². The molecular formula is C19H17FO. The molecule has 1 unspecified atom stereocenters. The fraction of sp³-hybridized carbons (Fsp3) is 0.158. The minimum atomic E-state index is -0.961. The van der Waals surface area contributed by atoms with Crippen LogP contribution in [0.4, 0.5) is 4.39 Å². The van der Waals surface area contributed by atoms with E-state index in [1.54, 1.807) is 0 Å². The quantitative estimate of drug-likeness (QED) is 0.722. The summed E-state index contributed by atoms with van der Waals surface area (Å²) in [7, 11) is 0. The van der Waals surface area contributed by atoms with Crippen LogP contribution in [-0.4, -0.2) is 5.11 Å². The molecule has 3 aromatic carbocycles. The maximum atomic E-state index is 14.3. The Morgan fingerprint density at radius 1 is 0.952 bits per heavy atom. The van der Waals surface area contributed by atoms with E-state index in [2.05, 4.69) is 0 Å². The van der Waals surface area contributed by atoms with Crippen molar-refractivity contribution >= 4 is 10.8 Å². The molecule has 1 atom stereocenters. The minimum Gasteiger partial charge on any atom is -0.384 e. The molecule has 0 aliphatic heterocycles. The molecule has 3 rings (SSSR count). The van der Waals surface area contributed by atoms with Gasteiger partial charge < -0.3 is 5.11 Å². The summed E-state index contributed by atoms with van der Waals surface area (Å²) >= 11 is 0. The first-order valence-electron chi connectivity index (χ1n) is 7.00. The number of fused-ring (bicyclic) bond motifs is 1. The van der Waals surface area contributed by atoms with Crippen LogP contribution >= 0.6 is 0 Å². The molecule has 1 N–H and O–H groups in total. The molecule has 21 heavy (non-hydrogen) atoms. The van der Waals surface area contributed by atoms with Gasteiger partial charge in [0.1, 0.15) is 11.9 Å². The van der Waals surface area contributed by atoms with Crippen LogP contribution in [0.1, 0.15) is 28.4 Å². The number of halogens is 1. The summed E-state index contributed by atoms with van der Waals surface area (Å²) in [4.78, 5) is 0. The molecule has 0 amide bonds. The summed E-state index contributed by atoms with van der Waals surface area (Å²) in [5.74, 6) is -0.354. The van der Waals surface area contributed by atoms with Crippen molar-refractivity contribution < 1.29 is 9.50 Å². The molecule has 0 fully saturated rings. The smallest absolute Gasteiger partial charge is 0.129 e. The third kappa shape index (κ3) is 2.43. The van der Waals surface area contributed by atoms with E-state index in [1.807, 2.05) is 62.4 Å². The van der Waals surface area contributed by atoms with Crippen LogP contribution in [0.15, 0.2) is 54.6 Å². The Kier molecular flexibility index (Phi) is 3.48. The van der Waals surface area contributed by atoms with Crippen LogP contribution in [-0.2, 0) is 0 Å². The maximum absolute atomic E-state index is 14.3. The van der Waals surface area contributed by atoms with Crippen LogP contribution in [0.5, 0.6) is 0 Å². The SMILES string of the molecule is Cc1cc(C)c(C(O)c2cccc3ccccc23)c(F)c1. The molecule has 0 bridgehead atoms. The zero-order chi connectivity index (χ0) is 15.0. The van der Waals surface area contributed by atoms with E-state index in [0.29, 0.717) is 5.56 Å². The highest BCUT2D eigenvalue weighted by Gasteiger charge is 2.19. The second kappa shape index (κ2) is 5.30. The molecule has 0 aliphatic carbocycles. The Bertz CT molecular complexity index is 779. The van der Waals surface area contributed by atoms with Crippen LogP contribution in [0.2, 0.25) is 0 Å². The van der Waals surface area contributed by atoms with Crippen LogP contribution in [0, 0.1) is 19.7 Å². The van der Waals surface area contributed by atoms with Gasteiger partial charge in [-0.15, -0.1) is 0 Å². The topological polar surface area (TPSA) is 20.2 Å². The Balaban J connectivity index is 2.20.